The second kappa shape index (κ2) is 8.33. The molecule has 3 rings (SSSR count). The average molecular weight is 338 g/mol. The van der Waals surface area contributed by atoms with Crippen LogP contribution in [-0.4, -0.2) is 31.5 Å². The van der Waals surface area contributed by atoms with Crippen LogP contribution in [0.3, 0.4) is 0 Å². The van der Waals surface area contributed by atoms with Gasteiger partial charge in [-0.05, 0) is 30.2 Å². The minimum absolute atomic E-state index is 0.00560. The quantitative estimate of drug-likeness (QED) is 0.762. The summed E-state index contributed by atoms with van der Waals surface area (Å²) in [6.07, 6.45) is 1.09. The zero-order valence-electron chi connectivity index (χ0n) is 14.0. The molecule has 5 heteroatoms. The highest BCUT2D eigenvalue weighted by atomic mass is 16.5. The molecule has 0 saturated heterocycles. The Morgan fingerprint density at radius 3 is 2.72 bits per heavy atom. The van der Waals surface area contributed by atoms with E-state index in [9.17, 15) is 9.59 Å². The monoisotopic (exact) mass is 338 g/mol. The predicted octanol–water partition coefficient (Wildman–Crippen LogP) is 2.49. The molecule has 0 radical (unpaired) electrons. The summed E-state index contributed by atoms with van der Waals surface area (Å²) in [6, 6.07) is 17.1. The number of para-hydroxylation sites is 1. The lowest BCUT2D eigenvalue weighted by molar-refractivity contribution is -0.121. The standard InChI is InChI=1S/C20H22N2O3/c23-19(11-6-12-25-16-7-2-1-3-8-16)21-13-15-14-22-20(24)18-10-5-4-9-17(15)18/h1-5,7-10,15H,6,11-14H2,(H,21,23)(H,22,24). The summed E-state index contributed by atoms with van der Waals surface area (Å²) in [5, 5.41) is 5.83. The van der Waals surface area contributed by atoms with Gasteiger partial charge < -0.3 is 15.4 Å². The fourth-order valence-corrected chi connectivity index (χ4v) is 2.93. The lowest BCUT2D eigenvalue weighted by atomic mass is 9.90. The van der Waals surface area contributed by atoms with Gasteiger partial charge in [0.2, 0.25) is 5.91 Å². The van der Waals surface area contributed by atoms with Gasteiger partial charge in [0.05, 0.1) is 6.61 Å². The zero-order valence-corrected chi connectivity index (χ0v) is 14.0. The van der Waals surface area contributed by atoms with Crippen molar-refractivity contribution in [2.45, 2.75) is 18.8 Å². The van der Waals surface area contributed by atoms with Gasteiger partial charge in [-0.1, -0.05) is 36.4 Å². The maximum absolute atomic E-state index is 12.0. The molecule has 2 amide bonds. The van der Waals surface area contributed by atoms with Gasteiger partial charge in [-0.2, -0.15) is 0 Å². The van der Waals surface area contributed by atoms with Crippen LogP contribution >= 0.6 is 0 Å². The number of fused-ring (bicyclic) bond motifs is 1. The number of benzene rings is 2. The molecule has 130 valence electrons. The molecule has 0 fully saturated rings. The van der Waals surface area contributed by atoms with E-state index in [2.05, 4.69) is 10.6 Å². The van der Waals surface area contributed by atoms with E-state index in [4.69, 9.17) is 4.74 Å². The SMILES string of the molecule is O=C(CCCOc1ccccc1)NCC1CNC(=O)c2ccccc21. The number of carbonyl (C=O) groups is 2. The Bertz CT molecular complexity index is 731. The minimum Gasteiger partial charge on any atom is -0.494 e. The fraction of sp³-hybridized carbons (Fsp3) is 0.300. The highest BCUT2D eigenvalue weighted by Gasteiger charge is 2.24. The number of ether oxygens (including phenoxy) is 1. The molecule has 1 heterocycles. The summed E-state index contributed by atoms with van der Waals surface area (Å²) in [6.45, 7) is 1.59. The molecule has 0 spiro atoms. The van der Waals surface area contributed by atoms with Gasteiger partial charge in [-0.25, -0.2) is 0 Å². The third-order valence-corrected chi connectivity index (χ3v) is 4.26. The molecule has 1 unspecified atom stereocenters. The van der Waals surface area contributed by atoms with Crippen molar-refractivity contribution in [1.29, 1.82) is 0 Å². The second-order valence-electron chi connectivity index (χ2n) is 6.06. The van der Waals surface area contributed by atoms with E-state index in [0.29, 0.717) is 38.1 Å². The molecular formula is C20H22N2O3. The van der Waals surface area contributed by atoms with Gasteiger partial charge in [0.15, 0.2) is 0 Å². The van der Waals surface area contributed by atoms with Crippen LogP contribution in [0, 0.1) is 0 Å². The van der Waals surface area contributed by atoms with Gasteiger partial charge in [0, 0.05) is 31.0 Å². The summed E-state index contributed by atoms with van der Waals surface area (Å²) in [7, 11) is 0. The first kappa shape index (κ1) is 17.0. The maximum Gasteiger partial charge on any atom is 0.251 e. The Balaban J connectivity index is 1.41. The molecule has 1 aliphatic heterocycles. The summed E-state index contributed by atoms with van der Waals surface area (Å²) in [5.74, 6) is 0.887. The molecule has 0 aromatic heterocycles. The highest BCUT2D eigenvalue weighted by Crippen LogP contribution is 2.23. The van der Waals surface area contributed by atoms with Crippen molar-refractivity contribution in [3.8, 4) is 5.75 Å². The fourth-order valence-electron chi connectivity index (χ4n) is 2.93. The molecule has 2 aromatic carbocycles. The van der Waals surface area contributed by atoms with Gasteiger partial charge in [0.1, 0.15) is 5.75 Å². The molecule has 2 aromatic rings. The largest absolute Gasteiger partial charge is 0.494 e. The first-order valence-electron chi connectivity index (χ1n) is 8.55. The number of rotatable bonds is 7. The molecule has 5 nitrogen and oxygen atoms in total. The molecule has 0 bridgehead atoms. The second-order valence-corrected chi connectivity index (χ2v) is 6.06. The Hall–Kier alpha value is -2.82. The van der Waals surface area contributed by atoms with E-state index in [1.807, 2.05) is 54.6 Å². The van der Waals surface area contributed by atoms with Gasteiger partial charge in [0.25, 0.3) is 5.91 Å². The third kappa shape index (κ3) is 4.59. The summed E-state index contributed by atoms with van der Waals surface area (Å²) in [4.78, 5) is 23.9. The minimum atomic E-state index is -0.0452. The Labute approximate surface area is 147 Å². The van der Waals surface area contributed by atoms with Crippen LogP contribution < -0.4 is 15.4 Å². The van der Waals surface area contributed by atoms with Crippen LogP contribution in [-0.2, 0) is 4.79 Å². The van der Waals surface area contributed by atoms with E-state index < -0.39 is 0 Å². The molecule has 0 saturated carbocycles. The van der Waals surface area contributed by atoms with Crippen molar-refractivity contribution in [1.82, 2.24) is 10.6 Å². The van der Waals surface area contributed by atoms with E-state index in [1.54, 1.807) is 0 Å². The van der Waals surface area contributed by atoms with Crippen LogP contribution in [0.2, 0.25) is 0 Å². The van der Waals surface area contributed by atoms with E-state index in [1.165, 1.54) is 0 Å². The number of carbonyl (C=O) groups excluding carboxylic acids is 2. The van der Waals surface area contributed by atoms with Crippen molar-refractivity contribution in [3.63, 3.8) is 0 Å². The van der Waals surface area contributed by atoms with Gasteiger partial charge in [-0.3, -0.25) is 9.59 Å². The number of amides is 2. The predicted molar refractivity (Wildman–Crippen MR) is 95.7 cm³/mol. The summed E-state index contributed by atoms with van der Waals surface area (Å²) in [5.41, 5.74) is 1.70. The van der Waals surface area contributed by atoms with Crippen molar-refractivity contribution in [3.05, 3.63) is 65.7 Å². The summed E-state index contributed by atoms with van der Waals surface area (Å²) >= 11 is 0. The van der Waals surface area contributed by atoms with Crippen LogP contribution in [0.25, 0.3) is 0 Å². The normalized spacial score (nSPS) is 15.8. The van der Waals surface area contributed by atoms with Crippen molar-refractivity contribution in [2.75, 3.05) is 19.7 Å². The smallest absolute Gasteiger partial charge is 0.251 e. The van der Waals surface area contributed by atoms with E-state index >= 15 is 0 Å². The number of hydrogen-bond acceptors (Lipinski definition) is 3. The van der Waals surface area contributed by atoms with Crippen molar-refractivity contribution < 1.29 is 14.3 Å². The van der Waals surface area contributed by atoms with E-state index in [0.717, 1.165) is 11.3 Å². The topological polar surface area (TPSA) is 67.4 Å². The zero-order chi connectivity index (χ0) is 17.5. The number of nitrogens with one attached hydrogen (secondary N) is 2. The highest BCUT2D eigenvalue weighted by molar-refractivity contribution is 5.97. The molecule has 1 atom stereocenters. The molecule has 0 aliphatic carbocycles. The summed E-state index contributed by atoms with van der Waals surface area (Å²) < 4.78 is 5.58. The van der Waals surface area contributed by atoms with Crippen LogP contribution in [0.5, 0.6) is 5.75 Å². The van der Waals surface area contributed by atoms with Gasteiger partial charge >= 0.3 is 0 Å². The number of hydrogen-bond donors (Lipinski definition) is 2. The molecule has 25 heavy (non-hydrogen) atoms. The lowest BCUT2D eigenvalue weighted by Gasteiger charge is -2.25. The maximum atomic E-state index is 12.0. The van der Waals surface area contributed by atoms with Crippen LogP contribution in [0.15, 0.2) is 54.6 Å². The Kier molecular flexibility index (Phi) is 5.67. The third-order valence-electron chi connectivity index (χ3n) is 4.26. The lowest BCUT2D eigenvalue weighted by Crippen LogP contribution is -2.40. The molecule has 1 aliphatic rings. The average Bonchev–Trinajstić information content (AvgIpc) is 2.66. The molecule has 2 N–H and O–H groups in total. The van der Waals surface area contributed by atoms with Gasteiger partial charge in [-0.15, -0.1) is 0 Å². The Morgan fingerprint density at radius 2 is 1.88 bits per heavy atom. The van der Waals surface area contributed by atoms with Crippen LogP contribution in [0.4, 0.5) is 0 Å². The van der Waals surface area contributed by atoms with E-state index in [-0.39, 0.29) is 17.7 Å². The Morgan fingerprint density at radius 1 is 1.12 bits per heavy atom. The van der Waals surface area contributed by atoms with Crippen LogP contribution in [0.1, 0.15) is 34.7 Å². The first-order chi connectivity index (χ1) is 12.2. The first-order valence-corrected chi connectivity index (χ1v) is 8.55. The van der Waals surface area contributed by atoms with Crippen molar-refractivity contribution >= 4 is 11.8 Å². The van der Waals surface area contributed by atoms with Crippen molar-refractivity contribution in [2.24, 2.45) is 0 Å². The molecular weight excluding hydrogens is 316 g/mol.